The van der Waals surface area contributed by atoms with E-state index in [4.69, 9.17) is 0 Å². The Morgan fingerprint density at radius 3 is 0.800 bits per heavy atom. The van der Waals surface area contributed by atoms with Gasteiger partial charge in [0.2, 0.25) is 0 Å². The lowest BCUT2D eigenvalue weighted by molar-refractivity contribution is 0.373. The number of rotatable bonds is 2. The van der Waals surface area contributed by atoms with E-state index in [0.717, 1.165) is 0 Å². The van der Waals surface area contributed by atoms with E-state index in [1.54, 1.807) is 0 Å². The van der Waals surface area contributed by atoms with Gasteiger partial charge in [0.1, 0.15) is 0 Å². The van der Waals surface area contributed by atoms with Crippen molar-refractivity contribution >= 4 is 0 Å². The standard InChI is InChI=1S/2C7H16.CH4/c2*1-5-6-7(2,3)4;/h2*5-6H2,1-4H3;1H4. The molecule has 0 unspecified atom stereocenters. The Labute approximate surface area is 99.9 Å². The molecule has 0 heterocycles. The average molecular weight is 216 g/mol. The molecule has 0 fully saturated rings. The van der Waals surface area contributed by atoms with E-state index in [9.17, 15) is 0 Å². The summed E-state index contributed by atoms with van der Waals surface area (Å²) in [5.74, 6) is 0. The normalized spacial score (nSPS) is 11.2. The van der Waals surface area contributed by atoms with Gasteiger partial charge in [-0.05, 0) is 23.7 Å². The highest BCUT2D eigenvalue weighted by Gasteiger charge is 2.06. The van der Waals surface area contributed by atoms with Gasteiger partial charge < -0.3 is 0 Å². The molecule has 0 saturated heterocycles. The molecule has 0 aliphatic carbocycles. The summed E-state index contributed by atoms with van der Waals surface area (Å²) in [6.45, 7) is 18.1. The maximum atomic E-state index is 2.27. The van der Waals surface area contributed by atoms with E-state index in [2.05, 4.69) is 55.4 Å². The van der Waals surface area contributed by atoms with E-state index in [-0.39, 0.29) is 7.43 Å². The van der Waals surface area contributed by atoms with Crippen LogP contribution in [0.4, 0.5) is 0 Å². The van der Waals surface area contributed by atoms with E-state index in [1.165, 1.54) is 25.7 Å². The van der Waals surface area contributed by atoms with Crippen molar-refractivity contribution < 1.29 is 0 Å². The molecule has 0 heteroatoms. The zero-order valence-electron chi connectivity index (χ0n) is 11.8. The molecule has 0 aromatic heterocycles. The SMILES string of the molecule is C.CCCC(C)(C)C.CCCC(C)(C)C. The highest BCUT2D eigenvalue weighted by molar-refractivity contribution is 4.58. The summed E-state index contributed by atoms with van der Waals surface area (Å²) < 4.78 is 0. The lowest BCUT2D eigenvalue weighted by Gasteiger charge is -2.15. The molecule has 0 nitrogen and oxygen atoms in total. The van der Waals surface area contributed by atoms with Crippen LogP contribution in [0.25, 0.3) is 0 Å². The largest absolute Gasteiger partial charge is 0.0776 e. The van der Waals surface area contributed by atoms with Gasteiger partial charge in [-0.3, -0.25) is 0 Å². The van der Waals surface area contributed by atoms with Gasteiger partial charge in [0.05, 0.1) is 0 Å². The maximum absolute atomic E-state index is 2.27. The monoisotopic (exact) mass is 216 g/mol. The zero-order valence-corrected chi connectivity index (χ0v) is 11.8. The van der Waals surface area contributed by atoms with Crippen LogP contribution in [-0.4, -0.2) is 0 Å². The molecule has 0 rings (SSSR count). The molecule has 0 amide bonds. The van der Waals surface area contributed by atoms with Crippen molar-refractivity contribution in [1.29, 1.82) is 0 Å². The number of hydrogen-bond acceptors (Lipinski definition) is 0. The molecule has 0 aromatic carbocycles. The van der Waals surface area contributed by atoms with Gasteiger partial charge in [0.25, 0.3) is 0 Å². The third-order valence-electron chi connectivity index (χ3n) is 2.00. The zero-order chi connectivity index (χ0) is 11.8. The molecule has 96 valence electrons. The molecule has 0 aliphatic heterocycles. The summed E-state index contributed by atoms with van der Waals surface area (Å²) in [4.78, 5) is 0. The fourth-order valence-electron chi connectivity index (χ4n) is 1.50. The third kappa shape index (κ3) is 31.5. The Morgan fingerprint density at radius 2 is 0.800 bits per heavy atom. The highest BCUT2D eigenvalue weighted by Crippen LogP contribution is 2.19. The van der Waals surface area contributed by atoms with Gasteiger partial charge in [0.15, 0.2) is 0 Å². The number of hydrogen-bond donors (Lipinski definition) is 0. The van der Waals surface area contributed by atoms with Crippen LogP contribution in [0.2, 0.25) is 0 Å². The second-order valence-electron chi connectivity index (χ2n) is 6.62. The van der Waals surface area contributed by atoms with Crippen molar-refractivity contribution in [2.75, 3.05) is 0 Å². The highest BCUT2D eigenvalue weighted by atomic mass is 14.1. The van der Waals surface area contributed by atoms with Crippen LogP contribution in [0.15, 0.2) is 0 Å². The van der Waals surface area contributed by atoms with Crippen LogP contribution >= 0.6 is 0 Å². The lowest BCUT2D eigenvalue weighted by atomic mass is 9.91. The fraction of sp³-hybridized carbons (Fsp3) is 1.00. The van der Waals surface area contributed by atoms with Crippen molar-refractivity contribution in [3.63, 3.8) is 0 Å². The third-order valence-corrected chi connectivity index (χ3v) is 2.00. The first-order valence-electron chi connectivity index (χ1n) is 6.12. The van der Waals surface area contributed by atoms with E-state index in [0.29, 0.717) is 10.8 Å². The molecule has 0 aromatic rings. The van der Waals surface area contributed by atoms with Crippen LogP contribution in [0.1, 0.15) is 88.5 Å². The first-order chi connectivity index (χ1) is 6.12. The van der Waals surface area contributed by atoms with Crippen LogP contribution < -0.4 is 0 Å². The maximum Gasteiger partial charge on any atom is -0.0383 e. The minimum absolute atomic E-state index is 0. The second kappa shape index (κ2) is 9.24. The molecule has 0 radical (unpaired) electrons. The van der Waals surface area contributed by atoms with Gasteiger partial charge in [-0.15, -0.1) is 0 Å². The molecule has 15 heavy (non-hydrogen) atoms. The van der Waals surface area contributed by atoms with Crippen molar-refractivity contribution in [1.82, 2.24) is 0 Å². The first-order valence-corrected chi connectivity index (χ1v) is 6.12. The molecular formula is C15H36. The molecule has 0 aliphatic rings. The predicted octanol–water partition coefficient (Wildman–Crippen LogP) is 6.30. The van der Waals surface area contributed by atoms with Gasteiger partial charge in [0, 0.05) is 0 Å². The molecule has 0 atom stereocenters. The minimum Gasteiger partial charge on any atom is -0.0776 e. The topological polar surface area (TPSA) is 0 Å². The van der Waals surface area contributed by atoms with Crippen molar-refractivity contribution in [2.24, 2.45) is 10.8 Å². The van der Waals surface area contributed by atoms with Crippen molar-refractivity contribution in [2.45, 2.75) is 88.5 Å². The quantitative estimate of drug-likeness (QED) is 0.508. The summed E-state index contributed by atoms with van der Waals surface area (Å²) in [5, 5.41) is 0. The molecule has 0 saturated carbocycles. The second-order valence-corrected chi connectivity index (χ2v) is 6.62. The van der Waals surface area contributed by atoms with Crippen LogP contribution in [0.3, 0.4) is 0 Å². The van der Waals surface area contributed by atoms with Crippen LogP contribution in [0.5, 0.6) is 0 Å². The predicted molar refractivity (Wildman–Crippen MR) is 75.5 cm³/mol. The average Bonchev–Trinajstić information content (AvgIpc) is 1.81. The van der Waals surface area contributed by atoms with Crippen molar-refractivity contribution in [3.8, 4) is 0 Å². The van der Waals surface area contributed by atoms with Gasteiger partial charge in [-0.25, -0.2) is 0 Å². The summed E-state index contributed by atoms with van der Waals surface area (Å²) in [5.41, 5.74) is 1.10. The fourth-order valence-corrected chi connectivity index (χ4v) is 1.50. The van der Waals surface area contributed by atoms with E-state index >= 15 is 0 Å². The Hall–Kier alpha value is 0. The summed E-state index contributed by atoms with van der Waals surface area (Å²) in [6, 6.07) is 0. The first kappa shape index (κ1) is 20.4. The van der Waals surface area contributed by atoms with Crippen LogP contribution in [-0.2, 0) is 0 Å². The Bertz CT molecular complexity index is 93.0. The summed E-state index contributed by atoms with van der Waals surface area (Å²) in [6.07, 6.45) is 5.30. The van der Waals surface area contributed by atoms with E-state index < -0.39 is 0 Å². The van der Waals surface area contributed by atoms with E-state index in [1.807, 2.05) is 0 Å². The summed E-state index contributed by atoms with van der Waals surface area (Å²) >= 11 is 0. The van der Waals surface area contributed by atoms with Crippen LogP contribution in [0, 0.1) is 10.8 Å². The Kier molecular flexibility index (Phi) is 12.6. The summed E-state index contributed by atoms with van der Waals surface area (Å²) in [7, 11) is 0. The molecule has 0 N–H and O–H groups in total. The van der Waals surface area contributed by atoms with Crippen molar-refractivity contribution in [3.05, 3.63) is 0 Å². The lowest BCUT2D eigenvalue weighted by Crippen LogP contribution is -2.02. The van der Waals surface area contributed by atoms with Gasteiger partial charge in [-0.1, -0.05) is 75.7 Å². The van der Waals surface area contributed by atoms with Gasteiger partial charge in [-0.2, -0.15) is 0 Å². The Morgan fingerprint density at radius 1 is 0.600 bits per heavy atom. The molecular weight excluding hydrogens is 180 g/mol. The Balaban J connectivity index is -0.000000180. The smallest absolute Gasteiger partial charge is 0.0383 e. The molecule has 0 spiro atoms. The van der Waals surface area contributed by atoms with Gasteiger partial charge >= 0.3 is 0 Å². The minimum atomic E-state index is 0. The molecule has 0 bridgehead atoms.